The van der Waals surface area contributed by atoms with Gasteiger partial charge >= 0.3 is 0 Å². The van der Waals surface area contributed by atoms with E-state index in [1.54, 1.807) is 35.9 Å². The van der Waals surface area contributed by atoms with Crippen LogP contribution in [0.3, 0.4) is 0 Å². The zero-order chi connectivity index (χ0) is 25.1. The number of nitrogens with one attached hydrogen (secondary N) is 1. The van der Waals surface area contributed by atoms with Gasteiger partial charge in [-0.2, -0.15) is 0 Å². The Kier molecular flexibility index (Phi) is 6.77. The zero-order valence-electron chi connectivity index (χ0n) is 19.7. The summed E-state index contributed by atoms with van der Waals surface area (Å²) in [4.78, 5) is 32.3. The van der Waals surface area contributed by atoms with Crippen LogP contribution in [0.4, 0.5) is 5.95 Å². The van der Waals surface area contributed by atoms with Crippen LogP contribution in [0.5, 0.6) is 5.75 Å². The molecule has 5 rings (SSSR count). The third kappa shape index (κ3) is 5.44. The topological polar surface area (TPSA) is 89.6 Å². The minimum Gasteiger partial charge on any atom is -0.497 e. The summed E-state index contributed by atoms with van der Waals surface area (Å²) in [5.74, 6) is 1.03. The van der Waals surface area contributed by atoms with Gasteiger partial charge in [0.25, 0.3) is 5.91 Å². The number of carbonyl (C=O) groups excluding carboxylic acids is 2. The van der Waals surface area contributed by atoms with Crippen molar-refractivity contribution in [3.8, 4) is 22.7 Å². The minimum absolute atomic E-state index is 0.109. The van der Waals surface area contributed by atoms with E-state index < -0.39 is 0 Å². The molecule has 9 heteroatoms. The molecule has 1 aliphatic rings. The number of carbonyl (C=O) groups is 2. The molecule has 0 bridgehead atoms. The largest absolute Gasteiger partial charge is 0.497 e. The lowest BCUT2D eigenvalue weighted by molar-refractivity contribution is -0.117. The SMILES string of the molecule is COc1ccc(-n2cc(-c3ccc(Cl)cc3)nc2NC(=O)CN(CC2CC2)C(=O)c2ccco2)cc1. The van der Waals surface area contributed by atoms with E-state index in [2.05, 4.69) is 10.3 Å². The Morgan fingerprint density at radius 2 is 1.89 bits per heavy atom. The Hall–Kier alpha value is -4.04. The summed E-state index contributed by atoms with van der Waals surface area (Å²) in [7, 11) is 1.61. The fourth-order valence-electron chi connectivity index (χ4n) is 3.89. The molecule has 36 heavy (non-hydrogen) atoms. The van der Waals surface area contributed by atoms with Gasteiger partial charge < -0.3 is 14.1 Å². The molecular weight excluding hydrogens is 480 g/mol. The lowest BCUT2D eigenvalue weighted by Crippen LogP contribution is -2.39. The quantitative estimate of drug-likeness (QED) is 0.335. The molecule has 2 aromatic carbocycles. The Bertz CT molecular complexity index is 1340. The van der Waals surface area contributed by atoms with E-state index in [0.29, 0.717) is 29.1 Å². The van der Waals surface area contributed by atoms with Crippen molar-refractivity contribution < 1.29 is 18.7 Å². The van der Waals surface area contributed by atoms with Crippen LogP contribution in [0.2, 0.25) is 5.02 Å². The van der Waals surface area contributed by atoms with Crippen molar-refractivity contribution in [2.24, 2.45) is 5.92 Å². The zero-order valence-corrected chi connectivity index (χ0v) is 20.4. The van der Waals surface area contributed by atoms with E-state index in [9.17, 15) is 9.59 Å². The standard InChI is InChI=1S/C27H25ClN4O4/c1-35-22-12-10-21(11-13-22)32-16-23(19-6-8-20(28)9-7-19)29-27(32)30-25(33)17-31(15-18-4-5-18)26(34)24-3-2-14-36-24/h2-3,6-14,16,18H,4-5,15,17H2,1H3,(H,29,30,33). The van der Waals surface area contributed by atoms with Crippen LogP contribution in [0.1, 0.15) is 23.4 Å². The molecule has 1 fully saturated rings. The van der Waals surface area contributed by atoms with E-state index in [1.165, 1.54) is 11.2 Å². The number of aromatic nitrogens is 2. The van der Waals surface area contributed by atoms with Gasteiger partial charge in [-0.1, -0.05) is 23.7 Å². The molecule has 1 aliphatic carbocycles. The number of ether oxygens (including phenoxy) is 1. The number of methoxy groups -OCH3 is 1. The Labute approximate surface area is 213 Å². The Morgan fingerprint density at radius 3 is 2.53 bits per heavy atom. The van der Waals surface area contributed by atoms with Crippen LogP contribution in [0.25, 0.3) is 16.9 Å². The predicted octanol–water partition coefficient (Wildman–Crippen LogP) is 5.29. The smallest absolute Gasteiger partial charge is 0.290 e. The molecule has 1 saturated carbocycles. The van der Waals surface area contributed by atoms with Crippen molar-refractivity contribution in [3.63, 3.8) is 0 Å². The van der Waals surface area contributed by atoms with E-state index in [4.69, 9.17) is 20.8 Å². The minimum atomic E-state index is -0.349. The van der Waals surface area contributed by atoms with E-state index >= 15 is 0 Å². The Morgan fingerprint density at radius 1 is 1.14 bits per heavy atom. The maximum absolute atomic E-state index is 13.1. The molecule has 1 N–H and O–H groups in total. The molecule has 0 aliphatic heterocycles. The molecule has 0 saturated heterocycles. The monoisotopic (exact) mass is 504 g/mol. The summed E-state index contributed by atoms with van der Waals surface area (Å²) in [6.45, 7) is 0.400. The molecule has 0 unspecified atom stereocenters. The highest BCUT2D eigenvalue weighted by molar-refractivity contribution is 6.30. The van der Waals surface area contributed by atoms with Crippen LogP contribution in [-0.2, 0) is 4.79 Å². The fourth-order valence-corrected chi connectivity index (χ4v) is 4.02. The number of nitrogens with zero attached hydrogens (tertiary/aromatic N) is 3. The van der Waals surface area contributed by atoms with E-state index in [1.807, 2.05) is 42.6 Å². The number of amides is 2. The van der Waals surface area contributed by atoms with Crippen LogP contribution in [0.15, 0.2) is 77.5 Å². The van der Waals surface area contributed by atoms with Gasteiger partial charge in [0.2, 0.25) is 11.9 Å². The summed E-state index contributed by atoms with van der Waals surface area (Å²) >= 11 is 6.05. The third-order valence-electron chi connectivity index (χ3n) is 5.98. The van der Waals surface area contributed by atoms with Crippen molar-refractivity contribution in [2.45, 2.75) is 12.8 Å². The summed E-state index contributed by atoms with van der Waals surface area (Å²) in [5.41, 5.74) is 2.31. The van der Waals surface area contributed by atoms with Gasteiger partial charge in [0.15, 0.2) is 5.76 Å². The number of furan rings is 1. The van der Waals surface area contributed by atoms with E-state index in [0.717, 1.165) is 29.8 Å². The second kappa shape index (κ2) is 10.3. The van der Waals surface area contributed by atoms with Crippen molar-refractivity contribution >= 4 is 29.4 Å². The molecule has 0 atom stereocenters. The van der Waals surface area contributed by atoms with Crippen molar-refractivity contribution in [3.05, 3.63) is 83.9 Å². The molecule has 184 valence electrons. The van der Waals surface area contributed by atoms with Gasteiger partial charge in [-0.15, -0.1) is 0 Å². The molecule has 8 nitrogen and oxygen atoms in total. The third-order valence-corrected chi connectivity index (χ3v) is 6.23. The lowest BCUT2D eigenvalue weighted by atomic mass is 10.2. The number of imidazole rings is 1. The maximum atomic E-state index is 13.1. The second-order valence-electron chi connectivity index (χ2n) is 8.68. The normalized spacial score (nSPS) is 12.8. The van der Waals surface area contributed by atoms with Gasteiger partial charge in [0.05, 0.1) is 19.1 Å². The molecule has 2 aromatic heterocycles. The highest BCUT2D eigenvalue weighted by Gasteiger charge is 2.30. The van der Waals surface area contributed by atoms with Gasteiger partial charge in [0.1, 0.15) is 12.3 Å². The summed E-state index contributed by atoms with van der Waals surface area (Å²) in [5, 5.41) is 3.52. The van der Waals surface area contributed by atoms with Crippen molar-refractivity contribution in [1.29, 1.82) is 0 Å². The molecule has 2 heterocycles. The summed E-state index contributed by atoms with van der Waals surface area (Å²) in [6.07, 6.45) is 5.40. The first-order chi connectivity index (χ1) is 17.5. The van der Waals surface area contributed by atoms with Gasteiger partial charge in [-0.05, 0) is 67.3 Å². The molecule has 2 amide bonds. The van der Waals surface area contributed by atoms with Crippen LogP contribution >= 0.6 is 11.6 Å². The molecule has 0 spiro atoms. The predicted molar refractivity (Wildman–Crippen MR) is 137 cm³/mol. The first-order valence-corrected chi connectivity index (χ1v) is 12.0. The average Bonchev–Trinajstić information content (AvgIpc) is 3.36. The summed E-state index contributed by atoms with van der Waals surface area (Å²) in [6, 6.07) is 18.0. The molecule has 0 radical (unpaired) electrons. The van der Waals surface area contributed by atoms with Crippen molar-refractivity contribution in [1.82, 2.24) is 14.5 Å². The van der Waals surface area contributed by atoms with Crippen LogP contribution in [0, 0.1) is 5.92 Å². The number of benzene rings is 2. The van der Waals surface area contributed by atoms with Crippen LogP contribution in [-0.4, -0.2) is 46.5 Å². The van der Waals surface area contributed by atoms with Crippen LogP contribution < -0.4 is 10.1 Å². The highest BCUT2D eigenvalue weighted by Crippen LogP contribution is 2.30. The first kappa shape index (κ1) is 23.7. The Balaban J connectivity index is 1.41. The maximum Gasteiger partial charge on any atom is 0.290 e. The number of halogens is 1. The number of hydrogen-bond acceptors (Lipinski definition) is 5. The number of rotatable bonds is 9. The second-order valence-corrected chi connectivity index (χ2v) is 9.12. The fraction of sp³-hybridized carbons (Fsp3) is 0.222. The number of anilines is 1. The highest BCUT2D eigenvalue weighted by atomic mass is 35.5. The van der Waals surface area contributed by atoms with Gasteiger partial charge in [-0.25, -0.2) is 4.98 Å². The molecular formula is C27H25ClN4O4. The lowest BCUT2D eigenvalue weighted by Gasteiger charge is -2.21. The molecule has 4 aromatic rings. The van der Waals surface area contributed by atoms with Gasteiger partial charge in [0, 0.05) is 29.0 Å². The van der Waals surface area contributed by atoms with Crippen molar-refractivity contribution in [2.75, 3.05) is 25.5 Å². The average molecular weight is 505 g/mol. The summed E-state index contributed by atoms with van der Waals surface area (Å²) < 4.78 is 12.3. The number of hydrogen-bond donors (Lipinski definition) is 1. The first-order valence-electron chi connectivity index (χ1n) is 11.6. The van der Waals surface area contributed by atoms with E-state index in [-0.39, 0.29) is 24.1 Å². The van der Waals surface area contributed by atoms with Gasteiger partial charge in [-0.3, -0.25) is 19.5 Å².